The van der Waals surface area contributed by atoms with Gasteiger partial charge in [-0.05, 0) is 71.1 Å². The number of ether oxygens (including phenoxy) is 4. The van der Waals surface area contributed by atoms with Crippen LogP contribution in [0.1, 0.15) is 122 Å². The maximum atomic E-state index is 11.6. The number of carbonyl (C=O) groups excluding carboxylic acids is 3. The molecule has 0 radical (unpaired) electrons. The lowest BCUT2D eigenvalue weighted by Gasteiger charge is -2.32. The summed E-state index contributed by atoms with van der Waals surface area (Å²) in [4.78, 5) is 59.5. The Kier molecular flexibility index (Phi) is 17.0. The van der Waals surface area contributed by atoms with E-state index in [0.29, 0.717) is 67.2 Å². The standard InChI is InChI=1S/C34H50N6O7.C2H6/c1-24(2)45-20-12-28(14-22-47-26(4)43)32-36-30-29(34(38-32)40-17-9-6-10-18-40)35-31(37-33(30)39-15-7-5-8-16-39)27(11-19-44-23-41)13-21-46-25(3)42;1-2/h23,27-28H,1,5-22H2,2-4H3;1-2H3. The van der Waals surface area contributed by atoms with Crippen molar-refractivity contribution in [3.8, 4) is 0 Å². The van der Waals surface area contributed by atoms with Crippen LogP contribution in [0.25, 0.3) is 11.0 Å². The Hall–Kier alpha value is -4.03. The summed E-state index contributed by atoms with van der Waals surface area (Å²) in [5.41, 5.74) is 1.38. The van der Waals surface area contributed by atoms with Crippen molar-refractivity contribution in [2.24, 2.45) is 0 Å². The minimum Gasteiger partial charge on any atom is -0.499 e. The molecule has 4 rings (SSSR count). The second-order valence-corrected chi connectivity index (χ2v) is 12.3. The van der Waals surface area contributed by atoms with Crippen LogP contribution < -0.4 is 9.80 Å². The van der Waals surface area contributed by atoms with Gasteiger partial charge >= 0.3 is 11.9 Å². The summed E-state index contributed by atoms with van der Waals surface area (Å²) in [6, 6.07) is 0. The van der Waals surface area contributed by atoms with E-state index >= 15 is 0 Å². The molecule has 2 atom stereocenters. The van der Waals surface area contributed by atoms with Gasteiger partial charge in [0, 0.05) is 51.9 Å². The number of anilines is 2. The van der Waals surface area contributed by atoms with Crippen LogP contribution in [-0.4, -0.2) is 91.0 Å². The molecule has 49 heavy (non-hydrogen) atoms. The lowest BCUT2D eigenvalue weighted by atomic mass is 10.00. The summed E-state index contributed by atoms with van der Waals surface area (Å²) in [6.45, 7) is 17.4. The number of fused-ring (bicyclic) bond motifs is 1. The highest BCUT2D eigenvalue weighted by Crippen LogP contribution is 2.36. The van der Waals surface area contributed by atoms with Crippen molar-refractivity contribution >= 4 is 41.1 Å². The Bertz CT molecular complexity index is 1340. The molecule has 0 amide bonds. The molecule has 2 saturated heterocycles. The number of nitrogens with zero attached hydrogens (tertiary/aromatic N) is 6. The molecule has 0 saturated carbocycles. The Morgan fingerprint density at radius 2 is 1.04 bits per heavy atom. The number of hydrogen-bond donors (Lipinski definition) is 0. The number of rotatable bonds is 18. The third-order valence-corrected chi connectivity index (χ3v) is 8.59. The molecule has 2 aromatic heterocycles. The van der Waals surface area contributed by atoms with Gasteiger partial charge in [-0.2, -0.15) is 0 Å². The fourth-order valence-corrected chi connectivity index (χ4v) is 6.17. The first kappa shape index (κ1) is 39.4. The first-order chi connectivity index (χ1) is 23.8. The first-order valence-electron chi connectivity index (χ1n) is 18.0. The fraction of sp³-hybridized carbons (Fsp3) is 0.694. The molecule has 4 heterocycles. The second kappa shape index (κ2) is 21.1. The zero-order valence-corrected chi connectivity index (χ0v) is 30.2. The molecular formula is C36H56N6O7. The van der Waals surface area contributed by atoms with Gasteiger partial charge in [0.2, 0.25) is 0 Å². The highest BCUT2D eigenvalue weighted by Gasteiger charge is 2.29. The molecule has 2 aliphatic heterocycles. The van der Waals surface area contributed by atoms with Crippen LogP contribution in [-0.2, 0) is 33.3 Å². The van der Waals surface area contributed by atoms with E-state index in [1.165, 1.54) is 13.8 Å². The lowest BCUT2D eigenvalue weighted by Crippen LogP contribution is -2.33. The maximum Gasteiger partial charge on any atom is 0.302 e. The van der Waals surface area contributed by atoms with E-state index in [1.807, 2.05) is 20.8 Å². The first-order valence-corrected chi connectivity index (χ1v) is 18.0. The highest BCUT2D eigenvalue weighted by atomic mass is 16.5. The van der Waals surface area contributed by atoms with Gasteiger partial charge in [0.05, 0.1) is 32.2 Å². The third kappa shape index (κ3) is 12.4. The van der Waals surface area contributed by atoms with Gasteiger partial charge in [0.15, 0.2) is 11.6 Å². The van der Waals surface area contributed by atoms with Crippen LogP contribution in [0.2, 0.25) is 0 Å². The average molecular weight is 685 g/mol. The summed E-state index contributed by atoms with van der Waals surface area (Å²) in [5.74, 6) is 2.35. The predicted molar refractivity (Wildman–Crippen MR) is 189 cm³/mol. The van der Waals surface area contributed by atoms with E-state index in [2.05, 4.69) is 16.4 Å². The minimum atomic E-state index is -0.355. The minimum absolute atomic E-state index is 0.146. The van der Waals surface area contributed by atoms with Crippen LogP contribution in [0.3, 0.4) is 0 Å². The van der Waals surface area contributed by atoms with Gasteiger partial charge in [0.1, 0.15) is 22.7 Å². The molecule has 13 nitrogen and oxygen atoms in total. The van der Waals surface area contributed by atoms with E-state index in [9.17, 15) is 14.4 Å². The quantitative estimate of drug-likeness (QED) is 0.0595. The van der Waals surface area contributed by atoms with Gasteiger partial charge in [-0.3, -0.25) is 14.4 Å². The SMILES string of the molecule is C=C(C)OCCC(CCOC(C)=O)c1nc(N2CCCCC2)c2nc(C(CCOC=O)CCOC(C)=O)nc(N3CCCCC3)c2n1.CC. The smallest absolute Gasteiger partial charge is 0.302 e. The summed E-state index contributed by atoms with van der Waals surface area (Å²) >= 11 is 0. The molecule has 0 spiro atoms. The molecule has 0 N–H and O–H groups in total. The number of aromatic nitrogens is 4. The van der Waals surface area contributed by atoms with Crippen molar-refractivity contribution in [1.29, 1.82) is 0 Å². The number of carbonyl (C=O) groups is 3. The van der Waals surface area contributed by atoms with Crippen LogP contribution in [0.15, 0.2) is 12.3 Å². The molecular weight excluding hydrogens is 628 g/mol. The molecule has 2 aromatic rings. The highest BCUT2D eigenvalue weighted by molar-refractivity contribution is 5.93. The van der Waals surface area contributed by atoms with E-state index < -0.39 is 0 Å². The van der Waals surface area contributed by atoms with Crippen LogP contribution in [0, 0.1) is 0 Å². The number of allylic oxidation sites excluding steroid dienone is 1. The molecule has 0 bridgehead atoms. The monoisotopic (exact) mass is 684 g/mol. The third-order valence-electron chi connectivity index (χ3n) is 8.59. The van der Waals surface area contributed by atoms with Gasteiger partial charge in [-0.25, -0.2) is 19.9 Å². The molecule has 2 fully saturated rings. The molecule has 2 aliphatic rings. The van der Waals surface area contributed by atoms with E-state index in [0.717, 1.165) is 76.3 Å². The lowest BCUT2D eigenvalue weighted by molar-refractivity contribution is -0.142. The van der Waals surface area contributed by atoms with Crippen molar-refractivity contribution in [3.05, 3.63) is 24.0 Å². The van der Waals surface area contributed by atoms with E-state index in [1.54, 1.807) is 0 Å². The van der Waals surface area contributed by atoms with E-state index in [4.69, 9.17) is 38.9 Å². The fourth-order valence-electron chi connectivity index (χ4n) is 6.17. The topological polar surface area (TPSA) is 146 Å². The maximum absolute atomic E-state index is 11.6. The molecule has 0 aliphatic carbocycles. The Morgan fingerprint density at radius 3 is 1.41 bits per heavy atom. The molecule has 2 unspecified atom stereocenters. The van der Waals surface area contributed by atoms with Gasteiger partial charge < -0.3 is 28.7 Å². The number of piperidine rings is 2. The van der Waals surface area contributed by atoms with Crippen molar-refractivity contribution in [2.75, 3.05) is 62.4 Å². The normalized spacial score (nSPS) is 15.8. The van der Waals surface area contributed by atoms with E-state index in [-0.39, 0.29) is 43.6 Å². The molecule has 13 heteroatoms. The van der Waals surface area contributed by atoms with Gasteiger partial charge in [0.25, 0.3) is 6.47 Å². The largest absolute Gasteiger partial charge is 0.499 e. The van der Waals surface area contributed by atoms with Gasteiger partial charge in [-0.15, -0.1) is 0 Å². The second-order valence-electron chi connectivity index (χ2n) is 12.3. The number of esters is 2. The van der Waals surface area contributed by atoms with Crippen molar-refractivity contribution < 1.29 is 33.3 Å². The molecule has 0 aromatic carbocycles. The van der Waals surface area contributed by atoms with Crippen molar-refractivity contribution in [1.82, 2.24) is 19.9 Å². The van der Waals surface area contributed by atoms with Crippen molar-refractivity contribution in [2.45, 2.75) is 111 Å². The zero-order valence-electron chi connectivity index (χ0n) is 30.2. The Labute approximate surface area is 291 Å². The van der Waals surface area contributed by atoms with Crippen LogP contribution in [0.5, 0.6) is 0 Å². The van der Waals surface area contributed by atoms with Crippen LogP contribution in [0.4, 0.5) is 11.6 Å². The number of hydrogen-bond acceptors (Lipinski definition) is 13. The van der Waals surface area contributed by atoms with Gasteiger partial charge in [-0.1, -0.05) is 20.4 Å². The predicted octanol–water partition coefficient (Wildman–Crippen LogP) is 6.00. The van der Waals surface area contributed by atoms with Crippen molar-refractivity contribution in [3.63, 3.8) is 0 Å². The summed E-state index contributed by atoms with van der Waals surface area (Å²) < 4.78 is 21.4. The Morgan fingerprint density at radius 1 is 0.653 bits per heavy atom. The Balaban J connectivity index is 0.00000319. The molecule has 272 valence electrons. The summed E-state index contributed by atoms with van der Waals surface area (Å²) in [7, 11) is 0. The van der Waals surface area contributed by atoms with Crippen LogP contribution >= 0.6 is 0 Å². The summed E-state index contributed by atoms with van der Waals surface area (Å²) in [5, 5.41) is 0. The average Bonchev–Trinajstić information content (AvgIpc) is 3.10. The zero-order chi connectivity index (χ0) is 35.6. The summed E-state index contributed by atoms with van der Waals surface area (Å²) in [6.07, 6.45) is 8.61.